The van der Waals surface area contributed by atoms with Crippen molar-refractivity contribution in [3.8, 4) is 0 Å². The molecule has 0 bridgehead atoms. The van der Waals surface area contributed by atoms with Crippen molar-refractivity contribution >= 4 is 0 Å². The highest BCUT2D eigenvalue weighted by atomic mass is 15.6. The predicted molar refractivity (Wildman–Crippen MR) is 50.2 cm³/mol. The van der Waals surface area contributed by atoms with E-state index in [2.05, 4.69) is 15.4 Å². The van der Waals surface area contributed by atoms with Crippen molar-refractivity contribution in [3.05, 3.63) is 5.82 Å². The fraction of sp³-hybridized carbons (Fsp3) is 0.875. The molecule has 0 saturated heterocycles. The predicted octanol–water partition coefficient (Wildman–Crippen LogP) is 0.319. The van der Waals surface area contributed by atoms with Crippen LogP contribution in [0.25, 0.3) is 0 Å². The molecule has 1 heterocycles. The average Bonchev–Trinajstić information content (AvgIpc) is 2.47. The Labute approximate surface area is 78.3 Å². The summed E-state index contributed by atoms with van der Waals surface area (Å²) in [5.74, 6) is 0.778. The molecule has 0 saturated carbocycles. The first kappa shape index (κ1) is 10.1. The molecule has 5 nitrogen and oxygen atoms in total. The van der Waals surface area contributed by atoms with Crippen molar-refractivity contribution in [1.82, 2.24) is 20.2 Å². The summed E-state index contributed by atoms with van der Waals surface area (Å²) in [5.41, 5.74) is 5.30. The van der Waals surface area contributed by atoms with Crippen LogP contribution in [0.4, 0.5) is 0 Å². The molecule has 1 aromatic rings. The molecule has 0 aliphatic heterocycles. The van der Waals surface area contributed by atoms with E-state index in [4.69, 9.17) is 5.73 Å². The van der Waals surface area contributed by atoms with E-state index < -0.39 is 0 Å². The van der Waals surface area contributed by atoms with Gasteiger partial charge in [0.05, 0.1) is 5.54 Å². The summed E-state index contributed by atoms with van der Waals surface area (Å²) in [4.78, 5) is 1.64. The van der Waals surface area contributed by atoms with Gasteiger partial charge in [-0.25, -0.2) is 0 Å². The van der Waals surface area contributed by atoms with Crippen LogP contribution in [-0.2, 0) is 12.0 Å². The Bertz CT molecular complexity index is 260. The van der Waals surface area contributed by atoms with Crippen molar-refractivity contribution in [2.45, 2.75) is 39.2 Å². The zero-order chi connectivity index (χ0) is 9.90. The lowest BCUT2D eigenvalue weighted by atomic mass is 10.1. The maximum atomic E-state index is 5.39. The van der Waals surface area contributed by atoms with Gasteiger partial charge in [0.25, 0.3) is 0 Å². The fourth-order valence-electron chi connectivity index (χ4n) is 0.888. The minimum Gasteiger partial charge on any atom is -0.330 e. The van der Waals surface area contributed by atoms with Gasteiger partial charge in [-0.05, 0) is 39.0 Å². The van der Waals surface area contributed by atoms with Crippen LogP contribution in [0.5, 0.6) is 0 Å². The van der Waals surface area contributed by atoms with Gasteiger partial charge in [0.2, 0.25) is 0 Å². The fourth-order valence-corrected chi connectivity index (χ4v) is 0.888. The lowest BCUT2D eigenvalue weighted by Crippen LogP contribution is -2.24. The zero-order valence-corrected chi connectivity index (χ0v) is 8.49. The van der Waals surface area contributed by atoms with Crippen LogP contribution in [0.2, 0.25) is 0 Å². The number of tetrazole rings is 1. The lowest BCUT2D eigenvalue weighted by molar-refractivity contribution is 0.305. The third-order valence-electron chi connectivity index (χ3n) is 1.66. The van der Waals surface area contributed by atoms with Gasteiger partial charge in [0.15, 0.2) is 5.82 Å². The van der Waals surface area contributed by atoms with Crippen molar-refractivity contribution < 1.29 is 0 Å². The summed E-state index contributed by atoms with van der Waals surface area (Å²) in [7, 11) is 0. The molecule has 0 radical (unpaired) electrons. The third-order valence-corrected chi connectivity index (χ3v) is 1.66. The second-order valence-electron chi connectivity index (χ2n) is 4.06. The number of nitrogens with zero attached hydrogens (tertiary/aromatic N) is 4. The van der Waals surface area contributed by atoms with E-state index in [9.17, 15) is 0 Å². The van der Waals surface area contributed by atoms with Crippen LogP contribution in [0.3, 0.4) is 0 Å². The van der Waals surface area contributed by atoms with Crippen LogP contribution in [0.15, 0.2) is 0 Å². The molecule has 1 aromatic heterocycles. The summed E-state index contributed by atoms with van der Waals surface area (Å²) >= 11 is 0. The van der Waals surface area contributed by atoms with Crippen LogP contribution in [0.1, 0.15) is 33.0 Å². The van der Waals surface area contributed by atoms with E-state index in [-0.39, 0.29) is 5.54 Å². The first-order valence-corrected chi connectivity index (χ1v) is 4.53. The normalized spacial score (nSPS) is 12.0. The van der Waals surface area contributed by atoms with Crippen LogP contribution >= 0.6 is 0 Å². The third kappa shape index (κ3) is 2.77. The van der Waals surface area contributed by atoms with E-state index in [1.165, 1.54) is 0 Å². The Balaban J connectivity index is 2.64. The molecular formula is C8H17N5. The summed E-state index contributed by atoms with van der Waals surface area (Å²) in [6, 6.07) is 0. The number of rotatable bonds is 3. The van der Waals surface area contributed by atoms with Crippen molar-refractivity contribution in [2.24, 2.45) is 5.73 Å². The molecule has 1 rings (SSSR count). The quantitative estimate of drug-likeness (QED) is 0.732. The Morgan fingerprint density at radius 1 is 1.38 bits per heavy atom. The van der Waals surface area contributed by atoms with Crippen molar-refractivity contribution in [3.63, 3.8) is 0 Å². The maximum absolute atomic E-state index is 5.39. The van der Waals surface area contributed by atoms with E-state index >= 15 is 0 Å². The lowest BCUT2D eigenvalue weighted by Gasteiger charge is -2.15. The number of nitrogens with two attached hydrogens (primary N) is 1. The van der Waals surface area contributed by atoms with Crippen LogP contribution in [-0.4, -0.2) is 26.8 Å². The Morgan fingerprint density at radius 2 is 2.08 bits per heavy atom. The topological polar surface area (TPSA) is 69.6 Å². The summed E-state index contributed by atoms with van der Waals surface area (Å²) in [5, 5.41) is 12.2. The molecule has 0 amide bonds. The summed E-state index contributed by atoms with van der Waals surface area (Å²) in [6.07, 6.45) is 1.72. The Kier molecular flexibility index (Phi) is 2.98. The molecule has 0 aromatic carbocycles. The highest BCUT2D eigenvalue weighted by Gasteiger charge is 2.16. The van der Waals surface area contributed by atoms with E-state index in [1.807, 2.05) is 20.8 Å². The first-order valence-electron chi connectivity index (χ1n) is 4.53. The van der Waals surface area contributed by atoms with Crippen LogP contribution < -0.4 is 5.73 Å². The van der Waals surface area contributed by atoms with Gasteiger partial charge in [-0.2, -0.15) is 4.80 Å². The number of aryl methyl sites for hydroxylation is 1. The Morgan fingerprint density at radius 3 is 2.54 bits per heavy atom. The minimum absolute atomic E-state index is 0.0893. The minimum atomic E-state index is -0.0893. The van der Waals surface area contributed by atoms with Gasteiger partial charge < -0.3 is 5.73 Å². The molecule has 0 atom stereocenters. The van der Waals surface area contributed by atoms with Gasteiger partial charge in [0.1, 0.15) is 0 Å². The molecule has 5 heteroatoms. The number of hydrogen-bond donors (Lipinski definition) is 1. The standard InChI is InChI=1S/C8H17N5/c1-8(2,3)13-11-7(10-12-13)5-4-6-9/h4-6,9H2,1-3H3. The molecule has 0 fully saturated rings. The van der Waals surface area contributed by atoms with E-state index in [1.54, 1.807) is 4.80 Å². The second-order valence-corrected chi connectivity index (χ2v) is 4.06. The number of aromatic nitrogens is 4. The highest BCUT2D eigenvalue weighted by molar-refractivity contribution is 4.79. The zero-order valence-electron chi connectivity index (χ0n) is 8.49. The first-order chi connectivity index (χ1) is 6.04. The van der Waals surface area contributed by atoms with Gasteiger partial charge in [0, 0.05) is 6.42 Å². The molecule has 13 heavy (non-hydrogen) atoms. The van der Waals surface area contributed by atoms with Gasteiger partial charge in [-0.1, -0.05) is 0 Å². The summed E-state index contributed by atoms with van der Waals surface area (Å²) in [6.45, 7) is 6.80. The van der Waals surface area contributed by atoms with E-state index in [0.717, 1.165) is 18.7 Å². The maximum Gasteiger partial charge on any atom is 0.174 e. The number of hydrogen-bond acceptors (Lipinski definition) is 4. The molecule has 0 unspecified atom stereocenters. The molecule has 2 N–H and O–H groups in total. The van der Waals surface area contributed by atoms with Gasteiger partial charge >= 0.3 is 0 Å². The smallest absolute Gasteiger partial charge is 0.174 e. The highest BCUT2D eigenvalue weighted by Crippen LogP contribution is 2.09. The van der Waals surface area contributed by atoms with Gasteiger partial charge in [-0.3, -0.25) is 0 Å². The van der Waals surface area contributed by atoms with Gasteiger partial charge in [-0.15, -0.1) is 10.2 Å². The average molecular weight is 183 g/mol. The molecule has 0 spiro atoms. The molecule has 0 aliphatic rings. The second kappa shape index (κ2) is 3.83. The molecule has 74 valence electrons. The Hall–Kier alpha value is -0.970. The molecule has 0 aliphatic carbocycles. The SMILES string of the molecule is CC(C)(C)n1nnc(CCCN)n1. The monoisotopic (exact) mass is 183 g/mol. The van der Waals surface area contributed by atoms with Crippen LogP contribution in [0, 0.1) is 0 Å². The van der Waals surface area contributed by atoms with Crippen molar-refractivity contribution in [2.75, 3.05) is 6.54 Å². The largest absolute Gasteiger partial charge is 0.330 e. The molecular weight excluding hydrogens is 166 g/mol. The summed E-state index contributed by atoms with van der Waals surface area (Å²) < 4.78 is 0. The van der Waals surface area contributed by atoms with Crippen molar-refractivity contribution in [1.29, 1.82) is 0 Å². The van der Waals surface area contributed by atoms with E-state index in [0.29, 0.717) is 6.54 Å².